The van der Waals surface area contributed by atoms with E-state index in [4.69, 9.17) is 23.6 Å². The molecule has 0 bridgehead atoms. The molecule has 0 aliphatic heterocycles. The van der Waals surface area contributed by atoms with Gasteiger partial charge in [-0.25, -0.2) is 9.97 Å². The summed E-state index contributed by atoms with van der Waals surface area (Å²) in [5.41, 5.74) is 1.12. The third-order valence-electron chi connectivity index (χ3n) is 6.34. The van der Waals surface area contributed by atoms with Gasteiger partial charge in [-0.1, -0.05) is 30.3 Å². The highest BCUT2D eigenvalue weighted by molar-refractivity contribution is 5.85. The van der Waals surface area contributed by atoms with E-state index in [1.807, 2.05) is 30.3 Å². The summed E-state index contributed by atoms with van der Waals surface area (Å²) in [4.78, 5) is 32.6. The molecule has 0 radical (unpaired) electrons. The lowest BCUT2D eigenvalue weighted by molar-refractivity contribution is -0.385. The SMILES string of the molecule is COc1cc(C=Nn2c(-c3cc4ccccc4o3)nc3ccccc3c2=O)cc(OC)c1Oc1ccc([N+](=O)[O-])cn1. The van der Waals surface area contributed by atoms with Gasteiger partial charge in [0, 0.05) is 23.1 Å². The Morgan fingerprint density at radius 3 is 2.40 bits per heavy atom. The highest BCUT2D eigenvalue weighted by Crippen LogP contribution is 2.41. The molecule has 0 spiro atoms. The summed E-state index contributed by atoms with van der Waals surface area (Å²) < 4.78 is 24.1. The first-order chi connectivity index (χ1) is 20.4. The number of methoxy groups -OCH3 is 2. The number of benzene rings is 3. The van der Waals surface area contributed by atoms with Gasteiger partial charge < -0.3 is 18.6 Å². The third-order valence-corrected chi connectivity index (χ3v) is 6.34. The molecule has 0 aliphatic rings. The van der Waals surface area contributed by atoms with Gasteiger partial charge in [-0.3, -0.25) is 14.9 Å². The van der Waals surface area contributed by atoms with Gasteiger partial charge in [0.05, 0.1) is 36.3 Å². The lowest BCUT2D eigenvalue weighted by Gasteiger charge is -2.14. The minimum Gasteiger partial charge on any atom is -0.493 e. The Hall–Kier alpha value is -6.04. The van der Waals surface area contributed by atoms with E-state index in [1.165, 1.54) is 37.2 Å². The first-order valence-electron chi connectivity index (χ1n) is 12.5. The molecule has 12 heteroatoms. The summed E-state index contributed by atoms with van der Waals surface area (Å²) in [6.45, 7) is 0. The number of hydrogen-bond donors (Lipinski definition) is 0. The van der Waals surface area contributed by atoms with Crippen LogP contribution in [0, 0.1) is 10.1 Å². The second kappa shape index (κ2) is 10.8. The van der Waals surface area contributed by atoms with E-state index in [9.17, 15) is 14.9 Å². The fourth-order valence-electron chi connectivity index (χ4n) is 4.33. The molecule has 6 aromatic rings. The van der Waals surface area contributed by atoms with E-state index in [0.717, 1.165) is 11.6 Å². The Labute approximate surface area is 237 Å². The fourth-order valence-corrected chi connectivity index (χ4v) is 4.33. The number of ether oxygens (including phenoxy) is 3. The maximum atomic E-state index is 13.6. The van der Waals surface area contributed by atoms with Crippen LogP contribution in [0.1, 0.15) is 5.56 Å². The third kappa shape index (κ3) is 4.88. The van der Waals surface area contributed by atoms with Crippen molar-refractivity contribution in [3.8, 4) is 34.7 Å². The van der Waals surface area contributed by atoms with Crippen molar-refractivity contribution in [1.29, 1.82) is 0 Å². The Balaban J connectivity index is 1.42. The second-order valence-electron chi connectivity index (χ2n) is 8.93. The molecule has 3 aromatic heterocycles. The maximum Gasteiger partial charge on any atom is 0.287 e. The monoisotopic (exact) mass is 563 g/mol. The summed E-state index contributed by atoms with van der Waals surface area (Å²) in [7, 11) is 2.90. The minimum absolute atomic E-state index is 0.0999. The first kappa shape index (κ1) is 26.2. The Morgan fingerprint density at radius 2 is 1.71 bits per heavy atom. The van der Waals surface area contributed by atoms with Gasteiger partial charge in [0.25, 0.3) is 11.2 Å². The predicted molar refractivity (Wildman–Crippen MR) is 155 cm³/mol. The summed E-state index contributed by atoms with van der Waals surface area (Å²) >= 11 is 0. The minimum atomic E-state index is -0.553. The van der Waals surface area contributed by atoms with Gasteiger partial charge in [0.15, 0.2) is 17.3 Å². The molecule has 42 heavy (non-hydrogen) atoms. The van der Waals surface area contributed by atoms with Crippen LogP contribution in [0.2, 0.25) is 0 Å². The zero-order valence-corrected chi connectivity index (χ0v) is 22.3. The van der Waals surface area contributed by atoms with Crippen LogP contribution in [-0.2, 0) is 0 Å². The number of nitro groups is 1. The quantitative estimate of drug-likeness (QED) is 0.127. The predicted octanol–water partition coefficient (Wildman–Crippen LogP) is 5.80. The molecule has 0 unspecified atom stereocenters. The van der Waals surface area contributed by atoms with Crippen molar-refractivity contribution in [2.24, 2.45) is 5.10 Å². The van der Waals surface area contributed by atoms with Crippen LogP contribution >= 0.6 is 0 Å². The van der Waals surface area contributed by atoms with Crippen LogP contribution in [0.4, 0.5) is 5.69 Å². The highest BCUT2D eigenvalue weighted by Gasteiger charge is 2.18. The topological polar surface area (TPSA) is 144 Å². The maximum absolute atomic E-state index is 13.6. The molecule has 12 nitrogen and oxygen atoms in total. The fraction of sp³-hybridized carbons (Fsp3) is 0.0667. The molecule has 0 saturated heterocycles. The van der Waals surface area contributed by atoms with Crippen LogP contribution in [0.3, 0.4) is 0 Å². The van der Waals surface area contributed by atoms with Crippen LogP contribution in [-0.4, -0.2) is 40.0 Å². The average Bonchev–Trinajstić information content (AvgIpc) is 3.45. The van der Waals surface area contributed by atoms with Gasteiger partial charge in [0.2, 0.25) is 17.5 Å². The standard InChI is InChI=1S/C30H21N5O7/c1-39-24-13-18(14-25(40-2)28(24)42-27-12-11-20(17-31-27)35(37)38)16-32-34-29(26-15-19-7-3-6-10-23(19)41-26)33-22-9-5-4-8-21(22)30(34)36/h3-17H,1-2H3. The van der Waals surface area contributed by atoms with E-state index >= 15 is 0 Å². The second-order valence-corrected chi connectivity index (χ2v) is 8.93. The van der Waals surface area contributed by atoms with E-state index in [0.29, 0.717) is 27.8 Å². The number of pyridine rings is 1. The van der Waals surface area contributed by atoms with Gasteiger partial charge in [0.1, 0.15) is 11.8 Å². The molecule has 0 amide bonds. The van der Waals surface area contributed by atoms with Crippen molar-refractivity contribution in [2.45, 2.75) is 0 Å². The smallest absolute Gasteiger partial charge is 0.287 e. The van der Waals surface area contributed by atoms with Crippen LogP contribution in [0.5, 0.6) is 23.1 Å². The molecule has 0 atom stereocenters. The van der Waals surface area contributed by atoms with E-state index in [-0.39, 0.29) is 40.2 Å². The molecule has 0 N–H and O–H groups in total. The summed E-state index contributed by atoms with van der Waals surface area (Å²) in [5.74, 6) is 1.46. The zero-order chi connectivity index (χ0) is 29.2. The van der Waals surface area contributed by atoms with Crippen molar-refractivity contribution in [2.75, 3.05) is 14.2 Å². The molecular formula is C30H21N5O7. The zero-order valence-electron chi connectivity index (χ0n) is 22.3. The Bertz CT molecular complexity index is 1990. The first-order valence-corrected chi connectivity index (χ1v) is 12.5. The molecular weight excluding hydrogens is 542 g/mol. The molecule has 0 fully saturated rings. The Kier molecular flexibility index (Phi) is 6.77. The molecule has 208 valence electrons. The normalized spacial score (nSPS) is 11.3. The molecule has 3 aromatic carbocycles. The van der Waals surface area contributed by atoms with Crippen molar-refractivity contribution in [3.05, 3.63) is 111 Å². The lowest BCUT2D eigenvalue weighted by Crippen LogP contribution is -2.20. The number of nitrogens with zero attached hydrogens (tertiary/aromatic N) is 5. The highest BCUT2D eigenvalue weighted by atomic mass is 16.6. The van der Waals surface area contributed by atoms with E-state index < -0.39 is 4.92 Å². The number of hydrogen-bond acceptors (Lipinski definition) is 10. The van der Waals surface area contributed by atoms with Crippen LogP contribution in [0.25, 0.3) is 33.5 Å². The van der Waals surface area contributed by atoms with Crippen LogP contribution in [0.15, 0.2) is 99.4 Å². The number of rotatable bonds is 8. The number of furan rings is 1. The van der Waals surface area contributed by atoms with Crippen molar-refractivity contribution in [3.63, 3.8) is 0 Å². The van der Waals surface area contributed by atoms with Gasteiger partial charge >= 0.3 is 0 Å². The number of para-hydroxylation sites is 2. The molecule has 3 heterocycles. The summed E-state index contributed by atoms with van der Waals surface area (Å²) in [6.07, 6.45) is 2.55. The van der Waals surface area contributed by atoms with Gasteiger partial charge in [-0.2, -0.15) is 9.78 Å². The summed E-state index contributed by atoms with van der Waals surface area (Å²) in [6, 6.07) is 22.2. The van der Waals surface area contributed by atoms with Crippen LogP contribution < -0.4 is 19.8 Å². The van der Waals surface area contributed by atoms with Crippen molar-refractivity contribution in [1.82, 2.24) is 14.6 Å². The molecule has 6 rings (SSSR count). The van der Waals surface area contributed by atoms with E-state index in [2.05, 4.69) is 10.1 Å². The molecule has 0 saturated carbocycles. The summed E-state index contributed by atoms with van der Waals surface area (Å²) in [5, 5.41) is 16.7. The van der Waals surface area contributed by atoms with Gasteiger partial charge in [-0.15, -0.1) is 0 Å². The molecule has 0 aliphatic carbocycles. The largest absolute Gasteiger partial charge is 0.493 e. The van der Waals surface area contributed by atoms with Crippen molar-refractivity contribution >= 4 is 33.8 Å². The van der Waals surface area contributed by atoms with E-state index in [1.54, 1.807) is 36.4 Å². The van der Waals surface area contributed by atoms with Gasteiger partial charge in [-0.05, 0) is 36.4 Å². The number of fused-ring (bicyclic) bond motifs is 2. The average molecular weight is 564 g/mol. The van der Waals surface area contributed by atoms with Crippen molar-refractivity contribution < 1.29 is 23.6 Å². The number of aromatic nitrogens is 3. The lowest BCUT2D eigenvalue weighted by atomic mass is 10.2. The Morgan fingerprint density at radius 1 is 0.976 bits per heavy atom.